The van der Waals surface area contributed by atoms with E-state index in [4.69, 9.17) is 14.6 Å². The lowest BCUT2D eigenvalue weighted by atomic mass is 10.0. The Bertz CT molecular complexity index is 335. The van der Waals surface area contributed by atoms with Gasteiger partial charge in [0.15, 0.2) is 0 Å². The van der Waals surface area contributed by atoms with Crippen LogP contribution in [0.15, 0.2) is 0 Å². The Balaban J connectivity index is 2.57. The fourth-order valence-electron chi connectivity index (χ4n) is 2.11. The zero-order valence-electron chi connectivity index (χ0n) is 12.3. The molecular weight excluding hydrogens is 264 g/mol. The van der Waals surface area contributed by atoms with E-state index in [1.54, 1.807) is 12.0 Å². The maximum absolute atomic E-state index is 12.2. The second-order valence-corrected chi connectivity index (χ2v) is 5.37. The van der Waals surface area contributed by atoms with Crippen LogP contribution in [0.3, 0.4) is 0 Å². The average molecular weight is 288 g/mol. The largest absolute Gasteiger partial charge is 0.481 e. The number of hydrogen-bond donors (Lipinski definition) is 2. The van der Waals surface area contributed by atoms with Gasteiger partial charge in [0.25, 0.3) is 0 Å². The van der Waals surface area contributed by atoms with Gasteiger partial charge in [-0.3, -0.25) is 4.79 Å². The zero-order chi connectivity index (χ0) is 15.1. The summed E-state index contributed by atoms with van der Waals surface area (Å²) in [6.07, 6.45) is 0. The van der Waals surface area contributed by atoms with Gasteiger partial charge in [0.2, 0.25) is 0 Å². The summed E-state index contributed by atoms with van der Waals surface area (Å²) in [6.45, 7) is 5.94. The number of carbonyl (C=O) groups is 2. The molecule has 1 fully saturated rings. The highest BCUT2D eigenvalue weighted by Crippen LogP contribution is 2.14. The fourth-order valence-corrected chi connectivity index (χ4v) is 2.11. The number of carboxylic acids is 1. The Morgan fingerprint density at radius 3 is 2.70 bits per heavy atom. The van der Waals surface area contributed by atoms with E-state index in [-0.39, 0.29) is 19.2 Å². The number of hydrogen-bond acceptors (Lipinski definition) is 4. The van der Waals surface area contributed by atoms with Crippen LogP contribution >= 0.6 is 0 Å². The second-order valence-electron chi connectivity index (χ2n) is 5.37. The molecule has 2 amide bonds. The maximum atomic E-state index is 12.2. The third-order valence-corrected chi connectivity index (χ3v) is 3.14. The van der Waals surface area contributed by atoms with Gasteiger partial charge < -0.3 is 24.8 Å². The van der Waals surface area contributed by atoms with E-state index in [0.717, 1.165) is 0 Å². The monoisotopic (exact) mass is 288 g/mol. The van der Waals surface area contributed by atoms with Crippen molar-refractivity contribution in [2.24, 2.45) is 11.8 Å². The first-order valence-corrected chi connectivity index (χ1v) is 6.80. The van der Waals surface area contributed by atoms with E-state index in [1.165, 1.54) is 0 Å². The average Bonchev–Trinajstić information content (AvgIpc) is 2.82. The fraction of sp³-hybridized carbons (Fsp3) is 0.846. The molecule has 0 aromatic rings. The first-order chi connectivity index (χ1) is 9.45. The summed E-state index contributed by atoms with van der Waals surface area (Å²) in [7, 11) is 1.58. The lowest BCUT2D eigenvalue weighted by Crippen LogP contribution is -2.50. The third kappa shape index (κ3) is 4.97. The van der Waals surface area contributed by atoms with E-state index < -0.39 is 17.9 Å². The van der Waals surface area contributed by atoms with E-state index in [1.807, 2.05) is 13.8 Å². The van der Waals surface area contributed by atoms with Gasteiger partial charge in [0.1, 0.15) is 5.92 Å². The molecule has 0 spiro atoms. The third-order valence-electron chi connectivity index (χ3n) is 3.14. The molecule has 7 heteroatoms. The number of carbonyl (C=O) groups excluding carboxylic acids is 1. The summed E-state index contributed by atoms with van der Waals surface area (Å²) in [5.41, 5.74) is 0. The molecule has 1 saturated heterocycles. The van der Waals surface area contributed by atoms with Crippen LogP contribution in [-0.2, 0) is 14.3 Å². The van der Waals surface area contributed by atoms with Crippen LogP contribution in [0.2, 0.25) is 0 Å². The number of methoxy groups -OCH3 is 1. The van der Waals surface area contributed by atoms with Gasteiger partial charge in [-0.25, -0.2) is 4.79 Å². The molecule has 2 unspecified atom stereocenters. The van der Waals surface area contributed by atoms with Crippen molar-refractivity contribution in [1.82, 2.24) is 10.2 Å². The molecule has 20 heavy (non-hydrogen) atoms. The molecule has 0 radical (unpaired) electrons. The lowest BCUT2D eigenvalue weighted by Gasteiger charge is -2.27. The van der Waals surface area contributed by atoms with Gasteiger partial charge in [-0.05, 0) is 5.92 Å². The van der Waals surface area contributed by atoms with E-state index >= 15 is 0 Å². The summed E-state index contributed by atoms with van der Waals surface area (Å²) in [5, 5.41) is 11.8. The van der Waals surface area contributed by atoms with Gasteiger partial charge in [-0.15, -0.1) is 0 Å². The molecular formula is C13H24N2O5. The molecule has 1 aliphatic rings. The van der Waals surface area contributed by atoms with Gasteiger partial charge in [0, 0.05) is 20.2 Å². The van der Waals surface area contributed by atoms with E-state index in [9.17, 15) is 9.59 Å². The normalized spacial score (nSPS) is 22.0. The molecule has 0 saturated carbocycles. The van der Waals surface area contributed by atoms with Crippen LogP contribution in [0.1, 0.15) is 13.8 Å². The quantitative estimate of drug-likeness (QED) is 0.708. The van der Waals surface area contributed by atoms with Gasteiger partial charge in [-0.1, -0.05) is 13.8 Å². The van der Waals surface area contributed by atoms with Crippen LogP contribution in [0, 0.1) is 11.8 Å². The highest BCUT2D eigenvalue weighted by atomic mass is 16.5. The molecule has 2 atom stereocenters. The molecule has 1 aliphatic heterocycles. The van der Waals surface area contributed by atoms with Crippen LogP contribution in [0.5, 0.6) is 0 Å². The van der Waals surface area contributed by atoms with Crippen LogP contribution < -0.4 is 5.32 Å². The standard InChI is InChI=1S/C13H24N2O5/c1-9(2)6-15(4-5-19-3)13(18)14-11-8-20-7-10(11)12(16)17/h9-11H,4-8H2,1-3H3,(H,14,18)(H,16,17). The Morgan fingerprint density at radius 2 is 2.15 bits per heavy atom. The Morgan fingerprint density at radius 1 is 1.45 bits per heavy atom. The predicted molar refractivity (Wildman–Crippen MR) is 72.6 cm³/mol. The molecule has 0 aromatic carbocycles. The minimum absolute atomic E-state index is 0.141. The number of urea groups is 1. The van der Waals surface area contributed by atoms with Crippen molar-refractivity contribution < 1.29 is 24.2 Å². The van der Waals surface area contributed by atoms with Crippen molar-refractivity contribution in [2.75, 3.05) is 40.0 Å². The van der Waals surface area contributed by atoms with Crippen molar-refractivity contribution in [2.45, 2.75) is 19.9 Å². The molecule has 0 bridgehead atoms. The number of amides is 2. The topological polar surface area (TPSA) is 88.1 Å². The van der Waals surface area contributed by atoms with Crippen LogP contribution in [0.25, 0.3) is 0 Å². The van der Waals surface area contributed by atoms with Crippen molar-refractivity contribution in [1.29, 1.82) is 0 Å². The van der Waals surface area contributed by atoms with Gasteiger partial charge >= 0.3 is 12.0 Å². The van der Waals surface area contributed by atoms with Crippen molar-refractivity contribution in [3.8, 4) is 0 Å². The van der Waals surface area contributed by atoms with Gasteiger partial charge in [0.05, 0.1) is 25.9 Å². The highest BCUT2D eigenvalue weighted by Gasteiger charge is 2.35. The first kappa shape index (κ1) is 16.7. The van der Waals surface area contributed by atoms with Crippen molar-refractivity contribution in [3.05, 3.63) is 0 Å². The number of nitrogens with one attached hydrogen (secondary N) is 1. The molecule has 0 aromatic heterocycles. The number of aliphatic carboxylic acids is 1. The first-order valence-electron chi connectivity index (χ1n) is 6.80. The maximum Gasteiger partial charge on any atom is 0.317 e. The second kappa shape index (κ2) is 8.06. The number of nitrogens with zero attached hydrogens (tertiary/aromatic N) is 1. The Hall–Kier alpha value is -1.34. The summed E-state index contributed by atoms with van der Waals surface area (Å²) < 4.78 is 10.1. The van der Waals surface area contributed by atoms with Gasteiger partial charge in [-0.2, -0.15) is 0 Å². The molecule has 0 aliphatic carbocycles. The highest BCUT2D eigenvalue weighted by molar-refractivity contribution is 5.77. The minimum atomic E-state index is -0.944. The van der Waals surface area contributed by atoms with E-state index in [0.29, 0.717) is 25.6 Å². The molecule has 2 N–H and O–H groups in total. The molecule has 116 valence electrons. The summed E-state index contributed by atoms with van der Waals surface area (Å²) >= 11 is 0. The van der Waals surface area contributed by atoms with Crippen LogP contribution in [0.4, 0.5) is 4.79 Å². The molecule has 1 heterocycles. The van der Waals surface area contributed by atoms with E-state index in [2.05, 4.69) is 5.32 Å². The van der Waals surface area contributed by atoms with Crippen molar-refractivity contribution >= 4 is 12.0 Å². The number of ether oxygens (including phenoxy) is 2. The van der Waals surface area contributed by atoms with Crippen molar-refractivity contribution in [3.63, 3.8) is 0 Å². The predicted octanol–water partition coefficient (Wildman–Crippen LogP) is 0.400. The zero-order valence-corrected chi connectivity index (χ0v) is 12.3. The SMILES string of the molecule is COCCN(CC(C)C)C(=O)NC1COCC1C(=O)O. The summed E-state index contributed by atoms with van der Waals surface area (Å²) in [6, 6.07) is -0.741. The smallest absolute Gasteiger partial charge is 0.317 e. The summed E-state index contributed by atoms with van der Waals surface area (Å²) in [4.78, 5) is 24.9. The molecule has 1 rings (SSSR count). The Labute approximate surface area is 119 Å². The number of carboxylic acid groups (broad SMARTS) is 1. The lowest BCUT2D eigenvalue weighted by molar-refractivity contribution is -0.142. The van der Waals surface area contributed by atoms with Crippen LogP contribution in [-0.4, -0.2) is 68.1 Å². The minimum Gasteiger partial charge on any atom is -0.481 e. The Kier molecular flexibility index (Phi) is 6.74. The number of rotatable bonds is 7. The summed E-state index contributed by atoms with van der Waals surface area (Å²) in [5.74, 6) is -1.30. The molecule has 7 nitrogen and oxygen atoms in total.